The van der Waals surface area contributed by atoms with Crippen LogP contribution >= 0.6 is 11.3 Å². The molecule has 0 unspecified atom stereocenters. The van der Waals surface area contributed by atoms with Crippen LogP contribution in [0.25, 0.3) is 0 Å². The number of nitrogens with zero attached hydrogens (tertiary/aromatic N) is 2. The summed E-state index contributed by atoms with van der Waals surface area (Å²) in [6, 6.07) is 0. The number of carbonyl (C=O) groups excluding carboxylic acids is 2. The van der Waals surface area contributed by atoms with Gasteiger partial charge in [0.1, 0.15) is 0 Å². The Labute approximate surface area is 115 Å². The molecule has 2 heterocycles. The van der Waals surface area contributed by atoms with Crippen molar-refractivity contribution in [3.05, 3.63) is 10.6 Å². The summed E-state index contributed by atoms with van der Waals surface area (Å²) in [4.78, 5) is 29.9. The van der Waals surface area contributed by atoms with Crippen molar-refractivity contribution in [2.24, 2.45) is 0 Å². The molecule has 19 heavy (non-hydrogen) atoms. The van der Waals surface area contributed by atoms with E-state index in [1.165, 1.54) is 18.4 Å². The lowest BCUT2D eigenvalue weighted by molar-refractivity contribution is -0.121. The number of fused-ring (bicyclic) bond motifs is 1. The fraction of sp³-hybridized carbons (Fsp3) is 0.545. The molecule has 0 radical (unpaired) electrons. The molecule has 1 aromatic heterocycles. The van der Waals surface area contributed by atoms with E-state index in [-0.39, 0.29) is 5.91 Å². The van der Waals surface area contributed by atoms with Gasteiger partial charge in [0, 0.05) is 31.4 Å². The Kier molecular flexibility index (Phi) is 4.33. The van der Waals surface area contributed by atoms with Crippen molar-refractivity contribution in [3.63, 3.8) is 0 Å². The Morgan fingerprint density at radius 1 is 1.53 bits per heavy atom. The molecule has 2 amide bonds. The van der Waals surface area contributed by atoms with Crippen LogP contribution in [-0.2, 0) is 22.5 Å². The molecule has 0 spiro atoms. The first-order chi connectivity index (χ1) is 9.12. The highest BCUT2D eigenvalue weighted by Crippen LogP contribution is 2.28. The van der Waals surface area contributed by atoms with Crippen LogP contribution in [-0.4, -0.2) is 49.1 Å². The summed E-state index contributed by atoms with van der Waals surface area (Å²) in [7, 11) is 2.94. The number of amides is 2. The standard InChI is InChI=1S/C11H16N4O3S/c1-12-9(16)6-15-4-3-7-8(5-15)19-10(13-7)14-11(17)18-2/h3-6H2,1-2H3,(H,12,16)(H,13,14,17). The molecule has 1 aromatic rings. The number of likely N-dealkylation sites (N-methyl/N-ethyl adjacent to an activating group) is 1. The number of hydrogen-bond acceptors (Lipinski definition) is 6. The van der Waals surface area contributed by atoms with E-state index in [1.54, 1.807) is 7.05 Å². The first-order valence-corrected chi connectivity index (χ1v) is 6.70. The van der Waals surface area contributed by atoms with Gasteiger partial charge in [-0.05, 0) is 0 Å². The number of anilines is 1. The normalized spacial score (nSPS) is 14.6. The highest BCUT2D eigenvalue weighted by atomic mass is 32.1. The number of ether oxygens (including phenoxy) is 1. The predicted octanol–water partition coefficient (Wildman–Crippen LogP) is 0.425. The Morgan fingerprint density at radius 2 is 2.32 bits per heavy atom. The number of aromatic nitrogens is 1. The molecule has 0 aliphatic carbocycles. The molecular weight excluding hydrogens is 268 g/mol. The molecule has 1 aliphatic heterocycles. The third-order valence-corrected chi connectivity index (χ3v) is 3.85. The summed E-state index contributed by atoms with van der Waals surface area (Å²) in [6.45, 7) is 1.86. The number of nitrogens with one attached hydrogen (secondary N) is 2. The zero-order valence-corrected chi connectivity index (χ0v) is 11.7. The van der Waals surface area contributed by atoms with Gasteiger partial charge in [0.25, 0.3) is 0 Å². The molecular formula is C11H16N4O3S. The van der Waals surface area contributed by atoms with Gasteiger partial charge in [-0.25, -0.2) is 9.78 Å². The Hall–Kier alpha value is -1.67. The Balaban J connectivity index is 2.00. The third-order valence-electron chi connectivity index (χ3n) is 2.85. The maximum absolute atomic E-state index is 11.3. The first-order valence-electron chi connectivity index (χ1n) is 5.89. The predicted molar refractivity (Wildman–Crippen MR) is 71.2 cm³/mol. The van der Waals surface area contributed by atoms with Gasteiger partial charge in [-0.1, -0.05) is 11.3 Å². The largest absolute Gasteiger partial charge is 0.453 e. The van der Waals surface area contributed by atoms with Crippen LogP contribution in [0.3, 0.4) is 0 Å². The van der Waals surface area contributed by atoms with Crippen LogP contribution in [0.2, 0.25) is 0 Å². The lowest BCUT2D eigenvalue weighted by atomic mass is 10.2. The van der Waals surface area contributed by atoms with E-state index < -0.39 is 6.09 Å². The van der Waals surface area contributed by atoms with Crippen molar-refractivity contribution in [2.75, 3.05) is 32.6 Å². The summed E-state index contributed by atoms with van der Waals surface area (Å²) in [5, 5.41) is 5.71. The number of rotatable bonds is 3. The Bertz CT molecular complexity index is 488. The zero-order valence-electron chi connectivity index (χ0n) is 10.9. The summed E-state index contributed by atoms with van der Waals surface area (Å²) < 4.78 is 4.53. The van der Waals surface area contributed by atoms with Crippen molar-refractivity contribution < 1.29 is 14.3 Å². The molecule has 0 bridgehead atoms. The number of thiazole rings is 1. The zero-order chi connectivity index (χ0) is 13.8. The van der Waals surface area contributed by atoms with E-state index in [9.17, 15) is 9.59 Å². The van der Waals surface area contributed by atoms with E-state index in [4.69, 9.17) is 0 Å². The molecule has 0 saturated carbocycles. The van der Waals surface area contributed by atoms with E-state index in [0.29, 0.717) is 18.2 Å². The highest BCUT2D eigenvalue weighted by molar-refractivity contribution is 7.15. The van der Waals surface area contributed by atoms with Crippen LogP contribution in [0.4, 0.5) is 9.93 Å². The monoisotopic (exact) mass is 284 g/mol. The quantitative estimate of drug-likeness (QED) is 0.840. The SMILES string of the molecule is CNC(=O)CN1CCc2nc(NC(=O)OC)sc2C1. The molecule has 0 atom stereocenters. The second-order valence-electron chi connectivity index (χ2n) is 4.14. The van der Waals surface area contributed by atoms with Crippen LogP contribution in [0.1, 0.15) is 10.6 Å². The van der Waals surface area contributed by atoms with Crippen LogP contribution in [0.5, 0.6) is 0 Å². The molecule has 2 N–H and O–H groups in total. The van der Waals surface area contributed by atoms with Crippen molar-refractivity contribution in [1.29, 1.82) is 0 Å². The van der Waals surface area contributed by atoms with E-state index in [2.05, 4.69) is 25.3 Å². The molecule has 0 aromatic carbocycles. The van der Waals surface area contributed by atoms with Gasteiger partial charge in [0.2, 0.25) is 5.91 Å². The number of carbonyl (C=O) groups is 2. The topological polar surface area (TPSA) is 83.6 Å². The van der Waals surface area contributed by atoms with E-state index in [0.717, 1.165) is 23.5 Å². The molecule has 104 valence electrons. The fourth-order valence-electron chi connectivity index (χ4n) is 1.86. The number of methoxy groups -OCH3 is 1. The summed E-state index contributed by atoms with van der Waals surface area (Å²) >= 11 is 1.42. The minimum absolute atomic E-state index is 0.000810. The minimum atomic E-state index is -0.520. The minimum Gasteiger partial charge on any atom is -0.453 e. The molecule has 7 nitrogen and oxygen atoms in total. The van der Waals surface area contributed by atoms with Crippen LogP contribution < -0.4 is 10.6 Å². The number of hydrogen-bond donors (Lipinski definition) is 2. The molecule has 8 heteroatoms. The van der Waals surface area contributed by atoms with Crippen LogP contribution in [0, 0.1) is 0 Å². The van der Waals surface area contributed by atoms with Gasteiger partial charge in [-0.2, -0.15) is 0 Å². The average molecular weight is 284 g/mol. The lowest BCUT2D eigenvalue weighted by Crippen LogP contribution is -2.38. The summed E-state index contributed by atoms with van der Waals surface area (Å²) in [5.41, 5.74) is 0.990. The van der Waals surface area contributed by atoms with Gasteiger partial charge in [-0.15, -0.1) is 0 Å². The molecule has 2 rings (SSSR count). The van der Waals surface area contributed by atoms with Gasteiger partial charge in [-0.3, -0.25) is 15.0 Å². The van der Waals surface area contributed by atoms with Crippen molar-refractivity contribution >= 4 is 28.5 Å². The van der Waals surface area contributed by atoms with Crippen molar-refractivity contribution in [3.8, 4) is 0 Å². The molecule has 1 aliphatic rings. The van der Waals surface area contributed by atoms with E-state index in [1.807, 2.05) is 0 Å². The van der Waals surface area contributed by atoms with Crippen molar-refractivity contribution in [2.45, 2.75) is 13.0 Å². The average Bonchev–Trinajstić information content (AvgIpc) is 2.79. The van der Waals surface area contributed by atoms with E-state index >= 15 is 0 Å². The maximum Gasteiger partial charge on any atom is 0.413 e. The second-order valence-corrected chi connectivity index (χ2v) is 5.22. The Morgan fingerprint density at radius 3 is 3.00 bits per heavy atom. The second kappa shape index (κ2) is 5.98. The fourth-order valence-corrected chi connectivity index (χ4v) is 2.89. The smallest absolute Gasteiger partial charge is 0.413 e. The van der Waals surface area contributed by atoms with Gasteiger partial charge >= 0.3 is 6.09 Å². The van der Waals surface area contributed by atoms with Gasteiger partial charge in [0.05, 0.1) is 19.3 Å². The summed E-state index contributed by atoms with van der Waals surface area (Å²) in [6.07, 6.45) is 0.263. The van der Waals surface area contributed by atoms with Crippen LogP contribution in [0.15, 0.2) is 0 Å². The maximum atomic E-state index is 11.3. The van der Waals surface area contributed by atoms with Gasteiger partial charge < -0.3 is 10.1 Å². The summed E-state index contributed by atoms with van der Waals surface area (Å²) in [5.74, 6) is 0.000810. The third kappa shape index (κ3) is 3.42. The molecule has 0 saturated heterocycles. The van der Waals surface area contributed by atoms with Gasteiger partial charge in [0.15, 0.2) is 5.13 Å². The first kappa shape index (κ1) is 13.8. The van der Waals surface area contributed by atoms with Crippen molar-refractivity contribution in [1.82, 2.24) is 15.2 Å². The molecule has 0 fully saturated rings. The lowest BCUT2D eigenvalue weighted by Gasteiger charge is -2.24. The highest BCUT2D eigenvalue weighted by Gasteiger charge is 2.22.